The van der Waals surface area contributed by atoms with Gasteiger partial charge in [-0.2, -0.15) is 0 Å². The molecule has 8 heteroatoms. The van der Waals surface area contributed by atoms with Crippen LogP contribution in [-0.2, 0) is 30.1 Å². The minimum atomic E-state index is 0.324. The molecule has 0 unspecified atom stereocenters. The molecule has 0 bridgehead atoms. The molecule has 0 radical (unpaired) electrons. The van der Waals surface area contributed by atoms with Crippen molar-refractivity contribution < 1.29 is 40.4 Å². The Hall–Kier alpha value is -0.320. The second-order valence-electron chi connectivity index (χ2n) is 5.13. The van der Waals surface area contributed by atoms with E-state index in [0.29, 0.717) is 13.2 Å². The van der Waals surface area contributed by atoms with Gasteiger partial charge in [-0.25, -0.2) is 10.1 Å². The third-order valence-electron chi connectivity index (χ3n) is 3.30. The van der Waals surface area contributed by atoms with Crippen LogP contribution in [0.4, 0.5) is 0 Å². The number of aliphatic hydroxyl groups is 1. The van der Waals surface area contributed by atoms with Gasteiger partial charge in [0.05, 0.1) is 6.61 Å². The Morgan fingerprint density at radius 1 is 0.500 bits per heavy atom. The van der Waals surface area contributed by atoms with Crippen molar-refractivity contribution in [3.8, 4) is 0 Å². The molecule has 0 aliphatic carbocycles. The molecule has 0 saturated heterocycles. The number of hydrogen-bond donors (Lipinski definition) is 2. The molecule has 0 spiro atoms. The van der Waals surface area contributed by atoms with E-state index in [-0.39, 0.29) is 0 Å². The Bertz CT molecular complexity index is 174. The van der Waals surface area contributed by atoms with Crippen LogP contribution in [0.2, 0.25) is 0 Å². The summed E-state index contributed by atoms with van der Waals surface area (Å²) in [6.45, 7) is 0.711. The second-order valence-corrected chi connectivity index (χ2v) is 5.13. The summed E-state index contributed by atoms with van der Waals surface area (Å²) in [7, 11) is 0. The Labute approximate surface area is 131 Å². The summed E-state index contributed by atoms with van der Waals surface area (Å²) in [5.41, 5.74) is 0. The molecule has 0 aromatic carbocycles. The van der Waals surface area contributed by atoms with Crippen molar-refractivity contribution in [1.82, 2.24) is 0 Å². The molecule has 0 aromatic rings. The van der Waals surface area contributed by atoms with Crippen LogP contribution in [0.5, 0.6) is 0 Å². The molecule has 0 fully saturated rings. The van der Waals surface area contributed by atoms with Gasteiger partial charge < -0.3 is 5.11 Å². The van der Waals surface area contributed by atoms with Crippen LogP contribution in [0.25, 0.3) is 0 Å². The lowest BCUT2D eigenvalue weighted by atomic mass is 10.1. The van der Waals surface area contributed by atoms with Gasteiger partial charge in [0, 0.05) is 6.61 Å². The smallest absolute Gasteiger partial charge is 0.0855 e. The topological polar surface area (TPSA) is 95.8 Å². The van der Waals surface area contributed by atoms with E-state index < -0.39 is 0 Å². The summed E-state index contributed by atoms with van der Waals surface area (Å²) in [6, 6.07) is 0. The Kier molecular flexibility index (Phi) is 20.4. The van der Waals surface area contributed by atoms with Gasteiger partial charge in [0.1, 0.15) is 0 Å². The van der Waals surface area contributed by atoms with Crippen molar-refractivity contribution in [1.29, 1.82) is 0 Å². The normalized spacial score (nSPS) is 11.2. The van der Waals surface area contributed by atoms with Crippen molar-refractivity contribution in [2.24, 2.45) is 0 Å². The minimum absolute atomic E-state index is 0.324. The van der Waals surface area contributed by atoms with Crippen LogP contribution >= 0.6 is 0 Å². The fraction of sp³-hybridized carbons (Fsp3) is 1.00. The maximum atomic E-state index is 8.66. The first kappa shape index (κ1) is 21.7. The van der Waals surface area contributed by atoms with Crippen molar-refractivity contribution in [3.63, 3.8) is 0 Å². The highest BCUT2D eigenvalue weighted by Gasteiger charge is 1.95. The largest absolute Gasteiger partial charge is 0.396 e. The fourth-order valence-electron chi connectivity index (χ4n) is 2.13. The zero-order valence-electron chi connectivity index (χ0n) is 13.2. The van der Waals surface area contributed by atoms with Gasteiger partial charge in [-0.3, -0.25) is 0 Å². The maximum Gasteiger partial charge on any atom is 0.0855 e. The third kappa shape index (κ3) is 19.7. The summed E-state index contributed by atoms with van der Waals surface area (Å²) < 4.78 is 0. The highest BCUT2D eigenvalue weighted by Crippen LogP contribution is 2.11. The van der Waals surface area contributed by atoms with Gasteiger partial charge in [-0.05, 0) is 38.0 Å². The predicted octanol–water partition coefficient (Wildman–Crippen LogP) is 3.81. The fourth-order valence-corrected chi connectivity index (χ4v) is 2.13. The first-order valence-electron chi connectivity index (χ1n) is 8.12. The minimum Gasteiger partial charge on any atom is -0.396 e. The van der Waals surface area contributed by atoms with Crippen LogP contribution < -0.4 is 0 Å². The van der Waals surface area contributed by atoms with E-state index in [1.165, 1.54) is 51.4 Å². The molecule has 0 aliphatic heterocycles. The lowest BCUT2D eigenvalue weighted by Crippen LogP contribution is -2.00. The zero-order chi connectivity index (χ0) is 16.1. The van der Waals surface area contributed by atoms with Gasteiger partial charge in [0.15, 0.2) is 0 Å². The summed E-state index contributed by atoms with van der Waals surface area (Å²) in [6.07, 6.45) is 14.2. The van der Waals surface area contributed by atoms with E-state index in [4.69, 9.17) is 10.4 Å². The zero-order valence-corrected chi connectivity index (χ0v) is 13.2. The first-order valence-corrected chi connectivity index (χ1v) is 8.12. The Balaban J connectivity index is 2.91. The van der Waals surface area contributed by atoms with Crippen LogP contribution in [0.15, 0.2) is 0 Å². The van der Waals surface area contributed by atoms with E-state index in [9.17, 15) is 0 Å². The summed E-state index contributed by atoms with van der Waals surface area (Å²) >= 11 is 0. The second kappa shape index (κ2) is 20.7. The predicted molar refractivity (Wildman–Crippen MR) is 76.5 cm³/mol. The molecule has 0 rings (SSSR count). The van der Waals surface area contributed by atoms with Crippen LogP contribution in [0, 0.1) is 0 Å². The molecular weight excluding hydrogens is 296 g/mol. The molecule has 0 atom stereocenters. The highest BCUT2D eigenvalue weighted by molar-refractivity contribution is 4.48. The lowest BCUT2D eigenvalue weighted by molar-refractivity contribution is -0.787. The van der Waals surface area contributed by atoms with Gasteiger partial charge in [-0.1, -0.05) is 64.2 Å². The molecule has 0 saturated carbocycles. The third-order valence-corrected chi connectivity index (χ3v) is 3.30. The van der Waals surface area contributed by atoms with Crippen molar-refractivity contribution in [2.45, 2.75) is 77.0 Å². The summed E-state index contributed by atoms with van der Waals surface area (Å²) in [4.78, 5) is 4.60. The number of aliphatic hydroxyl groups excluding tert-OH is 1. The molecule has 0 aromatic heterocycles. The van der Waals surface area contributed by atoms with Gasteiger partial charge in [-0.15, -0.1) is 0 Å². The quantitative estimate of drug-likeness (QED) is 0.210. The molecule has 0 heterocycles. The number of hydrogen-bond acceptors (Lipinski definition) is 8. The molecule has 0 amide bonds. The highest BCUT2D eigenvalue weighted by atomic mass is 17.9. The molecule has 0 aliphatic rings. The molecule has 134 valence electrons. The number of unbranched alkanes of at least 4 members (excludes halogenated alkanes) is 11. The molecular formula is C14H30O8. The Morgan fingerprint density at radius 2 is 0.955 bits per heavy atom. The average Bonchev–Trinajstić information content (AvgIpc) is 2.54. The van der Waals surface area contributed by atoms with Gasteiger partial charge >= 0.3 is 0 Å². The summed E-state index contributed by atoms with van der Waals surface area (Å²) in [5, 5.41) is 34.5. The molecule has 8 nitrogen and oxygen atoms in total. The molecule has 22 heavy (non-hydrogen) atoms. The standard InChI is InChI=1S/C14H30O8/c15-13-11-9-7-5-3-1-2-4-6-8-10-12-14-17-19-21-22-20-18-16/h15-16H,1-14H2. The van der Waals surface area contributed by atoms with E-state index in [1.807, 2.05) is 0 Å². The van der Waals surface area contributed by atoms with E-state index in [2.05, 4.69) is 30.1 Å². The number of rotatable bonds is 19. The maximum absolute atomic E-state index is 8.66. The van der Waals surface area contributed by atoms with Crippen molar-refractivity contribution >= 4 is 0 Å². The van der Waals surface area contributed by atoms with E-state index in [0.717, 1.165) is 25.7 Å². The van der Waals surface area contributed by atoms with E-state index >= 15 is 0 Å². The van der Waals surface area contributed by atoms with Crippen molar-refractivity contribution in [2.75, 3.05) is 13.2 Å². The van der Waals surface area contributed by atoms with Gasteiger partial charge in [0.25, 0.3) is 0 Å². The lowest BCUT2D eigenvalue weighted by Gasteiger charge is -2.03. The molecule has 2 N–H and O–H groups in total. The monoisotopic (exact) mass is 326 g/mol. The van der Waals surface area contributed by atoms with Crippen LogP contribution in [0.1, 0.15) is 77.0 Å². The van der Waals surface area contributed by atoms with Crippen LogP contribution in [-0.4, -0.2) is 23.6 Å². The Morgan fingerprint density at radius 3 is 1.45 bits per heavy atom. The van der Waals surface area contributed by atoms with Crippen LogP contribution in [0.3, 0.4) is 0 Å². The summed E-state index contributed by atoms with van der Waals surface area (Å²) in [5.74, 6) is 0. The van der Waals surface area contributed by atoms with Crippen molar-refractivity contribution in [3.05, 3.63) is 0 Å². The van der Waals surface area contributed by atoms with Gasteiger partial charge in [0.2, 0.25) is 0 Å². The van der Waals surface area contributed by atoms with E-state index in [1.54, 1.807) is 0 Å². The first-order chi connectivity index (χ1) is 10.9. The average molecular weight is 326 g/mol. The SMILES string of the molecule is OCCCCCCCCCCCCCCOOOOOOO.